The Balaban J connectivity index is 2.29. The molecule has 3 heteroatoms. The molecule has 12 heavy (non-hydrogen) atoms. The first-order valence-electron chi connectivity index (χ1n) is 3.75. The molecule has 2 nitrogen and oxygen atoms in total. The lowest BCUT2D eigenvalue weighted by molar-refractivity contribution is 0.176. The van der Waals surface area contributed by atoms with Crippen molar-refractivity contribution >= 4 is 15.0 Å². The highest BCUT2D eigenvalue weighted by molar-refractivity contribution is 7.39. The van der Waals surface area contributed by atoms with Crippen LogP contribution < -0.4 is 0 Å². The van der Waals surface area contributed by atoms with Crippen molar-refractivity contribution in [2.45, 2.75) is 6.42 Å². The van der Waals surface area contributed by atoms with Gasteiger partial charge in [0.05, 0.1) is 6.61 Å². The van der Waals surface area contributed by atoms with Gasteiger partial charge in [0, 0.05) is 6.42 Å². The average Bonchev–Trinajstić information content (AvgIpc) is 2.05. The van der Waals surface area contributed by atoms with E-state index in [9.17, 15) is 4.79 Å². The highest BCUT2D eigenvalue weighted by Gasteiger charge is 1.93. The van der Waals surface area contributed by atoms with Gasteiger partial charge < -0.3 is 4.74 Å². The zero-order valence-corrected chi connectivity index (χ0v) is 7.85. The molecule has 0 aliphatic heterocycles. The molecule has 0 aromatic heterocycles. The maximum absolute atomic E-state index is 10.4. The molecule has 64 valence electrons. The van der Waals surface area contributed by atoms with Crippen LogP contribution in [0.15, 0.2) is 30.3 Å². The van der Waals surface area contributed by atoms with Gasteiger partial charge in [-0.25, -0.2) is 4.79 Å². The van der Waals surface area contributed by atoms with Crippen LogP contribution in [0.5, 0.6) is 0 Å². The summed E-state index contributed by atoms with van der Waals surface area (Å²) in [5.74, 6) is 0. The lowest BCUT2D eigenvalue weighted by Crippen LogP contribution is -1.99. The lowest BCUT2D eigenvalue weighted by Gasteiger charge is -2.00. The van der Waals surface area contributed by atoms with Crippen LogP contribution in [0.1, 0.15) is 5.56 Å². The summed E-state index contributed by atoms with van der Waals surface area (Å²) in [6, 6.07) is 9.92. The highest BCUT2D eigenvalue weighted by Crippen LogP contribution is 2.00. The minimum atomic E-state index is -0.300. The van der Waals surface area contributed by atoms with Crippen LogP contribution in [0.25, 0.3) is 0 Å². The smallest absolute Gasteiger partial charge is 0.319 e. The van der Waals surface area contributed by atoms with Gasteiger partial charge in [-0.05, 0) is 14.8 Å². The maximum Gasteiger partial charge on any atom is 0.319 e. The minimum absolute atomic E-state index is 0.300. The number of hydrogen-bond acceptors (Lipinski definition) is 2. The van der Waals surface area contributed by atoms with E-state index in [-0.39, 0.29) is 5.71 Å². The van der Waals surface area contributed by atoms with Crippen LogP contribution in [0, 0.1) is 0 Å². The van der Waals surface area contributed by atoms with Crippen LogP contribution in [0.4, 0.5) is 4.79 Å². The lowest BCUT2D eigenvalue weighted by atomic mass is 10.2. The Morgan fingerprint density at radius 2 is 2.00 bits per heavy atom. The summed E-state index contributed by atoms with van der Waals surface area (Å²) in [4.78, 5) is 10.4. The Morgan fingerprint density at radius 3 is 2.58 bits per heavy atom. The molecule has 1 rings (SSSR count). The second-order valence-corrected chi connectivity index (χ2v) is 2.87. The Labute approximate surface area is 74.1 Å². The largest absolute Gasteiger partial charge is 0.463 e. The van der Waals surface area contributed by atoms with Crippen LogP contribution in [0.3, 0.4) is 0 Å². The van der Waals surface area contributed by atoms with Gasteiger partial charge in [0.2, 0.25) is 0 Å². The molecule has 0 heterocycles. The molecule has 1 aromatic carbocycles. The van der Waals surface area contributed by atoms with Gasteiger partial charge in [-0.2, -0.15) is 0 Å². The summed E-state index contributed by atoms with van der Waals surface area (Å²) in [5, 5.41) is 0. The molecular weight excluding hydrogens is 171 g/mol. The molecule has 0 fully saturated rings. The summed E-state index contributed by atoms with van der Waals surface area (Å²) >= 11 is 0. The third kappa shape index (κ3) is 3.49. The third-order valence-corrected chi connectivity index (χ3v) is 1.64. The molecule has 0 aliphatic carbocycles. The number of benzene rings is 1. The first-order valence-corrected chi connectivity index (χ1v) is 4.33. The molecule has 0 saturated carbocycles. The first kappa shape index (κ1) is 9.21. The van der Waals surface area contributed by atoms with Crippen LogP contribution >= 0.6 is 9.24 Å². The van der Waals surface area contributed by atoms with E-state index in [4.69, 9.17) is 4.74 Å². The van der Waals surface area contributed by atoms with Crippen molar-refractivity contribution in [2.24, 2.45) is 0 Å². The van der Waals surface area contributed by atoms with Crippen molar-refractivity contribution in [3.8, 4) is 0 Å². The molecule has 0 amide bonds. The van der Waals surface area contributed by atoms with Gasteiger partial charge in [-0.15, -0.1) is 0 Å². The molecule has 0 radical (unpaired) electrons. The van der Waals surface area contributed by atoms with E-state index in [0.29, 0.717) is 6.61 Å². The molecule has 0 bridgehead atoms. The van der Waals surface area contributed by atoms with Gasteiger partial charge in [0.25, 0.3) is 0 Å². The zero-order chi connectivity index (χ0) is 8.81. The van der Waals surface area contributed by atoms with Gasteiger partial charge in [0.1, 0.15) is 0 Å². The molecule has 1 unspecified atom stereocenters. The van der Waals surface area contributed by atoms with E-state index in [1.54, 1.807) is 0 Å². The van der Waals surface area contributed by atoms with E-state index in [1.165, 1.54) is 5.56 Å². The summed E-state index contributed by atoms with van der Waals surface area (Å²) in [6.45, 7) is 0.451. The van der Waals surface area contributed by atoms with Crippen molar-refractivity contribution in [2.75, 3.05) is 6.61 Å². The Hall–Kier alpha value is -0.880. The Bertz CT molecular complexity index is 246. The number of ether oxygens (including phenoxy) is 1. The van der Waals surface area contributed by atoms with E-state index in [0.717, 1.165) is 6.42 Å². The molecule has 1 aromatic rings. The Morgan fingerprint density at radius 1 is 1.33 bits per heavy atom. The van der Waals surface area contributed by atoms with Crippen LogP contribution in [0.2, 0.25) is 0 Å². The molecule has 0 saturated heterocycles. The van der Waals surface area contributed by atoms with Crippen molar-refractivity contribution < 1.29 is 9.53 Å². The van der Waals surface area contributed by atoms with E-state index in [2.05, 4.69) is 0 Å². The summed E-state index contributed by atoms with van der Waals surface area (Å²) in [6.07, 6.45) is 0.779. The number of hydrogen-bond donors (Lipinski definition) is 0. The minimum Gasteiger partial charge on any atom is -0.463 e. The summed E-state index contributed by atoms with van der Waals surface area (Å²) in [5.41, 5.74) is 0.884. The molecule has 0 N–H and O–H groups in total. The zero-order valence-electron chi connectivity index (χ0n) is 6.69. The molecular formula is C9H11O2P. The fraction of sp³-hybridized carbons (Fsp3) is 0.222. The topological polar surface area (TPSA) is 26.3 Å². The summed E-state index contributed by atoms with van der Waals surface area (Å²) in [7, 11) is 1.98. The second-order valence-electron chi connectivity index (χ2n) is 2.40. The van der Waals surface area contributed by atoms with Crippen molar-refractivity contribution in [3.05, 3.63) is 35.9 Å². The van der Waals surface area contributed by atoms with Gasteiger partial charge in [0.15, 0.2) is 0 Å². The fourth-order valence-corrected chi connectivity index (χ4v) is 1.03. The molecule has 0 aliphatic rings. The van der Waals surface area contributed by atoms with E-state index < -0.39 is 0 Å². The highest BCUT2D eigenvalue weighted by atomic mass is 31.0. The predicted molar refractivity (Wildman–Crippen MR) is 51.2 cm³/mol. The average molecular weight is 182 g/mol. The maximum atomic E-state index is 10.4. The van der Waals surface area contributed by atoms with E-state index in [1.807, 2.05) is 39.6 Å². The quantitative estimate of drug-likeness (QED) is 0.670. The molecule has 0 spiro atoms. The standard InChI is InChI=1S/C9H11O2P/c10-9(12)11-7-6-8-4-2-1-3-5-8/h1-5H,6-7,12H2. The molecule has 1 atom stereocenters. The number of rotatable bonds is 3. The van der Waals surface area contributed by atoms with Gasteiger partial charge >= 0.3 is 5.71 Å². The first-order chi connectivity index (χ1) is 5.79. The normalized spacial score (nSPS) is 9.42. The van der Waals surface area contributed by atoms with Crippen LogP contribution in [-0.4, -0.2) is 12.3 Å². The predicted octanol–water partition coefficient (Wildman–Crippen LogP) is 2.24. The Kier molecular flexibility index (Phi) is 3.75. The van der Waals surface area contributed by atoms with Gasteiger partial charge in [-0.3, -0.25) is 0 Å². The monoisotopic (exact) mass is 182 g/mol. The van der Waals surface area contributed by atoms with Crippen LogP contribution in [-0.2, 0) is 11.2 Å². The second kappa shape index (κ2) is 4.89. The van der Waals surface area contributed by atoms with Gasteiger partial charge in [-0.1, -0.05) is 30.3 Å². The third-order valence-electron chi connectivity index (χ3n) is 1.48. The van der Waals surface area contributed by atoms with Crippen molar-refractivity contribution in [1.29, 1.82) is 0 Å². The SMILES string of the molecule is O=C(P)OCCc1ccccc1. The fourth-order valence-electron chi connectivity index (χ4n) is 0.914. The van der Waals surface area contributed by atoms with Crippen molar-refractivity contribution in [1.82, 2.24) is 0 Å². The summed E-state index contributed by atoms with van der Waals surface area (Å²) < 4.78 is 4.77. The van der Waals surface area contributed by atoms with E-state index >= 15 is 0 Å². The number of carbonyl (C=O) groups is 1. The number of carbonyl (C=O) groups excluding carboxylic acids is 1. The van der Waals surface area contributed by atoms with Crippen molar-refractivity contribution in [3.63, 3.8) is 0 Å².